The molecule has 0 heterocycles. The second kappa shape index (κ2) is 51.2. The van der Waals surface area contributed by atoms with Crippen LogP contribution in [0.25, 0.3) is 0 Å². The van der Waals surface area contributed by atoms with Crippen LogP contribution in [0.1, 0.15) is 309 Å². The van der Waals surface area contributed by atoms with Gasteiger partial charge in [-0.1, -0.05) is 276 Å². The molecule has 406 valence electrons. The Kier molecular flexibility index (Phi) is 50.6. The molecule has 0 saturated carbocycles. The van der Waals surface area contributed by atoms with Gasteiger partial charge in [0, 0.05) is 6.42 Å². The van der Waals surface area contributed by atoms with E-state index >= 15 is 0 Å². The van der Waals surface area contributed by atoms with E-state index in [9.17, 15) is 19.4 Å². The van der Waals surface area contributed by atoms with Gasteiger partial charge in [0.15, 0.2) is 0 Å². The van der Waals surface area contributed by atoms with E-state index in [1.54, 1.807) is 0 Å². The largest absolute Gasteiger partial charge is 0.756 e. The lowest BCUT2D eigenvalue weighted by Crippen LogP contribution is -2.46. The van der Waals surface area contributed by atoms with Crippen molar-refractivity contribution in [3.8, 4) is 0 Å². The number of quaternary nitrogens is 1. The quantitative estimate of drug-likeness (QED) is 0.0272. The highest BCUT2D eigenvalue weighted by atomic mass is 31.2. The highest BCUT2D eigenvalue weighted by Gasteiger charge is 2.24. The maximum atomic E-state index is 12.9. The van der Waals surface area contributed by atoms with Gasteiger partial charge in [0.25, 0.3) is 7.82 Å². The van der Waals surface area contributed by atoms with Gasteiger partial charge in [-0.3, -0.25) is 9.36 Å². The maximum Gasteiger partial charge on any atom is 0.268 e. The fourth-order valence-electron chi connectivity index (χ4n) is 9.27. The standard InChI is InChI=1S/C59H119N2O6P/c1-6-8-10-12-14-16-17-18-19-20-21-22-23-24-25-26-27-28-29-30-31-32-33-34-35-36-37-38-39-40-41-42-43-45-47-49-51-53-59(63)60-57(56-67-68(64,65)66-55-54-61(3,4)5)58(62)52-50-48-46-44-15-13-11-9-7-2/h28-29,57-58,62H,6-27,30-56H2,1-5H3,(H-,60,63,64,65)/b29-28-. The van der Waals surface area contributed by atoms with Gasteiger partial charge in [-0.25, -0.2) is 0 Å². The summed E-state index contributed by atoms with van der Waals surface area (Å²) < 4.78 is 23.3. The molecule has 2 N–H and O–H groups in total. The molecule has 0 spiro atoms. The molecule has 3 atom stereocenters. The van der Waals surface area contributed by atoms with Crippen molar-refractivity contribution >= 4 is 13.7 Å². The SMILES string of the molecule is CCCCCCCCCCCCCCCCCC/C=C\CCCCCCCCCCCCCCCCCCCC(=O)NC(COP(=O)([O-])OCC[N+](C)(C)C)C(O)CCCCCCCCCCC. The molecule has 0 saturated heterocycles. The van der Waals surface area contributed by atoms with Crippen molar-refractivity contribution in [2.24, 2.45) is 0 Å². The van der Waals surface area contributed by atoms with Crippen LogP contribution >= 0.6 is 7.82 Å². The summed E-state index contributed by atoms with van der Waals surface area (Å²) in [6, 6.07) is -0.795. The molecule has 0 bridgehead atoms. The third kappa shape index (κ3) is 53.0. The molecule has 1 amide bonds. The summed E-state index contributed by atoms with van der Waals surface area (Å²) in [5.74, 6) is -0.162. The van der Waals surface area contributed by atoms with E-state index in [-0.39, 0.29) is 19.1 Å². The van der Waals surface area contributed by atoms with Gasteiger partial charge < -0.3 is 28.8 Å². The van der Waals surface area contributed by atoms with E-state index in [0.29, 0.717) is 23.9 Å². The lowest BCUT2D eigenvalue weighted by Gasteiger charge is -2.30. The number of nitrogens with one attached hydrogen (secondary N) is 1. The molecule has 0 aliphatic carbocycles. The first-order chi connectivity index (χ1) is 33.0. The van der Waals surface area contributed by atoms with E-state index in [0.717, 1.165) is 38.5 Å². The molecule has 0 aromatic carbocycles. The molecule has 0 aromatic rings. The van der Waals surface area contributed by atoms with Crippen LogP contribution in [0.3, 0.4) is 0 Å². The fourth-order valence-corrected chi connectivity index (χ4v) is 10.00. The Morgan fingerprint density at radius 3 is 1.15 bits per heavy atom. The Bertz CT molecular complexity index is 1120. The first-order valence-electron chi connectivity index (χ1n) is 30.0. The Labute approximate surface area is 424 Å². The van der Waals surface area contributed by atoms with E-state index in [1.807, 2.05) is 21.1 Å². The van der Waals surface area contributed by atoms with Gasteiger partial charge in [0.2, 0.25) is 5.91 Å². The van der Waals surface area contributed by atoms with Gasteiger partial charge >= 0.3 is 0 Å². The van der Waals surface area contributed by atoms with Crippen LogP contribution in [0.4, 0.5) is 0 Å². The number of unbranched alkanes of at least 4 members (excludes halogenated alkanes) is 41. The number of phosphoric ester groups is 1. The zero-order valence-corrected chi connectivity index (χ0v) is 47.2. The second-order valence-corrected chi connectivity index (χ2v) is 23.5. The number of allylic oxidation sites excluding steroid dienone is 2. The monoisotopic (exact) mass is 983 g/mol. The van der Waals surface area contributed by atoms with Crippen LogP contribution < -0.4 is 10.2 Å². The number of aliphatic hydroxyl groups is 1. The fraction of sp³-hybridized carbons (Fsp3) is 0.949. The molecule has 9 heteroatoms. The van der Waals surface area contributed by atoms with Crippen molar-refractivity contribution in [2.75, 3.05) is 40.9 Å². The highest BCUT2D eigenvalue weighted by Crippen LogP contribution is 2.38. The number of aliphatic hydroxyl groups excluding tert-OH is 1. The summed E-state index contributed by atoms with van der Waals surface area (Å²) in [6.45, 7) is 4.73. The van der Waals surface area contributed by atoms with Crippen LogP contribution in [-0.4, -0.2) is 68.5 Å². The van der Waals surface area contributed by atoms with E-state index < -0.39 is 20.0 Å². The van der Waals surface area contributed by atoms with Crippen LogP contribution in [0.5, 0.6) is 0 Å². The summed E-state index contributed by atoms with van der Waals surface area (Å²) in [4.78, 5) is 25.4. The molecule has 0 rings (SSSR count). The van der Waals surface area contributed by atoms with Gasteiger partial charge in [0.05, 0.1) is 39.9 Å². The Hall–Kier alpha value is -0.760. The van der Waals surface area contributed by atoms with Crippen molar-refractivity contribution in [3.63, 3.8) is 0 Å². The predicted octanol–water partition coefficient (Wildman–Crippen LogP) is 17.6. The number of amides is 1. The average Bonchev–Trinajstić information content (AvgIpc) is 3.30. The summed E-state index contributed by atoms with van der Waals surface area (Å²) >= 11 is 0. The number of hydrogen-bond donors (Lipinski definition) is 2. The Morgan fingerprint density at radius 1 is 0.500 bits per heavy atom. The summed E-state index contributed by atoms with van der Waals surface area (Å²) in [5.41, 5.74) is 0. The zero-order valence-electron chi connectivity index (χ0n) is 46.3. The van der Waals surface area contributed by atoms with Gasteiger partial charge in [-0.2, -0.15) is 0 Å². The summed E-state index contributed by atoms with van der Waals surface area (Å²) in [7, 11) is 1.32. The maximum absolute atomic E-state index is 12.9. The van der Waals surface area contributed by atoms with Crippen LogP contribution in [0.2, 0.25) is 0 Å². The van der Waals surface area contributed by atoms with Gasteiger partial charge in [-0.15, -0.1) is 0 Å². The number of carbonyl (C=O) groups is 1. The van der Waals surface area contributed by atoms with Crippen molar-refractivity contribution in [1.29, 1.82) is 0 Å². The molecule has 8 nitrogen and oxygen atoms in total. The first-order valence-corrected chi connectivity index (χ1v) is 31.5. The number of likely N-dealkylation sites (N-methyl/N-ethyl adjacent to an activating group) is 1. The molecule has 0 aliphatic rings. The molecular formula is C59H119N2O6P. The molecule has 68 heavy (non-hydrogen) atoms. The first kappa shape index (κ1) is 67.2. The number of nitrogens with zero attached hydrogens (tertiary/aromatic N) is 1. The normalized spacial score (nSPS) is 13.9. The molecule has 0 aliphatic heterocycles. The third-order valence-corrected chi connectivity index (χ3v) is 15.0. The zero-order chi connectivity index (χ0) is 49.9. The minimum absolute atomic E-state index is 0.0147. The molecule has 0 aromatic heterocycles. The van der Waals surface area contributed by atoms with Gasteiger partial charge in [0.1, 0.15) is 13.2 Å². The minimum Gasteiger partial charge on any atom is -0.756 e. The van der Waals surface area contributed by atoms with Crippen molar-refractivity contribution < 1.29 is 32.9 Å². The van der Waals surface area contributed by atoms with Gasteiger partial charge in [-0.05, 0) is 38.5 Å². The van der Waals surface area contributed by atoms with Crippen molar-refractivity contribution in [2.45, 2.75) is 321 Å². The van der Waals surface area contributed by atoms with Crippen LogP contribution in [-0.2, 0) is 18.4 Å². The van der Waals surface area contributed by atoms with Crippen LogP contribution in [0, 0.1) is 0 Å². The topological polar surface area (TPSA) is 108 Å². The lowest BCUT2D eigenvalue weighted by molar-refractivity contribution is -0.870. The average molecular weight is 984 g/mol. The second-order valence-electron chi connectivity index (χ2n) is 22.1. The highest BCUT2D eigenvalue weighted by molar-refractivity contribution is 7.45. The summed E-state index contributed by atoms with van der Waals surface area (Å²) in [6.07, 6.45) is 63.0. The molecule has 0 radical (unpaired) electrons. The number of hydrogen-bond acceptors (Lipinski definition) is 6. The lowest BCUT2D eigenvalue weighted by atomic mass is 10.0. The van der Waals surface area contributed by atoms with Crippen molar-refractivity contribution in [3.05, 3.63) is 12.2 Å². The molecule has 3 unspecified atom stereocenters. The minimum atomic E-state index is -4.56. The van der Waals surface area contributed by atoms with E-state index in [4.69, 9.17) is 9.05 Å². The molecule has 0 fully saturated rings. The van der Waals surface area contributed by atoms with Crippen LogP contribution in [0.15, 0.2) is 12.2 Å². The Morgan fingerprint density at radius 2 is 0.809 bits per heavy atom. The number of carbonyl (C=O) groups excluding carboxylic acids is 1. The third-order valence-electron chi connectivity index (χ3n) is 14.0. The number of phosphoric acid groups is 1. The van der Waals surface area contributed by atoms with E-state index in [1.165, 1.54) is 244 Å². The Balaban J connectivity index is 3.79. The molecular weight excluding hydrogens is 864 g/mol. The number of rotatable bonds is 56. The smallest absolute Gasteiger partial charge is 0.268 e. The van der Waals surface area contributed by atoms with E-state index in [2.05, 4.69) is 31.3 Å². The summed E-state index contributed by atoms with van der Waals surface area (Å²) in [5, 5.41) is 13.9. The predicted molar refractivity (Wildman–Crippen MR) is 293 cm³/mol. The van der Waals surface area contributed by atoms with Crippen molar-refractivity contribution in [1.82, 2.24) is 5.32 Å².